The van der Waals surface area contributed by atoms with Crippen molar-refractivity contribution < 1.29 is 0 Å². The molecule has 0 saturated carbocycles. The summed E-state index contributed by atoms with van der Waals surface area (Å²) < 4.78 is 1.02. The number of piperidine rings is 1. The molecule has 0 aliphatic carbocycles. The maximum Gasteiger partial charge on any atom is 0.126 e. The van der Waals surface area contributed by atoms with E-state index in [1.165, 1.54) is 19.3 Å². The van der Waals surface area contributed by atoms with Crippen LogP contribution in [0.4, 0.5) is 5.82 Å². The Bertz CT molecular complexity index is 293. The SMILES string of the molecule is Brc1ccc(NC[C@@H]2CCCCN2)nc1. The van der Waals surface area contributed by atoms with Gasteiger partial charge in [0, 0.05) is 23.3 Å². The molecule has 1 fully saturated rings. The van der Waals surface area contributed by atoms with Gasteiger partial charge >= 0.3 is 0 Å². The number of hydrogen-bond acceptors (Lipinski definition) is 3. The van der Waals surface area contributed by atoms with Gasteiger partial charge in [0.05, 0.1) is 0 Å². The molecule has 1 atom stereocenters. The number of pyridine rings is 1. The average Bonchev–Trinajstić information content (AvgIpc) is 2.30. The molecule has 1 aliphatic rings. The zero-order chi connectivity index (χ0) is 10.5. The van der Waals surface area contributed by atoms with Crippen LogP contribution in [-0.4, -0.2) is 24.1 Å². The van der Waals surface area contributed by atoms with Crippen LogP contribution in [0.5, 0.6) is 0 Å². The zero-order valence-electron chi connectivity index (χ0n) is 8.67. The van der Waals surface area contributed by atoms with E-state index < -0.39 is 0 Å². The Labute approximate surface area is 98.8 Å². The summed E-state index contributed by atoms with van der Waals surface area (Å²) in [5, 5.41) is 6.85. The quantitative estimate of drug-likeness (QED) is 0.885. The molecule has 1 saturated heterocycles. The van der Waals surface area contributed by atoms with Crippen molar-refractivity contribution in [2.75, 3.05) is 18.4 Å². The predicted octanol–water partition coefficient (Wildman–Crippen LogP) is 2.40. The summed E-state index contributed by atoms with van der Waals surface area (Å²) in [6.45, 7) is 2.12. The molecular weight excluding hydrogens is 254 g/mol. The van der Waals surface area contributed by atoms with Crippen LogP contribution >= 0.6 is 15.9 Å². The molecule has 0 amide bonds. The van der Waals surface area contributed by atoms with Crippen LogP contribution in [0.1, 0.15) is 19.3 Å². The molecule has 1 aliphatic heterocycles. The molecule has 4 heteroatoms. The van der Waals surface area contributed by atoms with E-state index in [0.29, 0.717) is 6.04 Å². The molecule has 1 aromatic heterocycles. The highest BCUT2D eigenvalue weighted by Crippen LogP contribution is 2.11. The third-order valence-electron chi connectivity index (χ3n) is 2.67. The predicted molar refractivity (Wildman–Crippen MR) is 66.1 cm³/mol. The molecule has 2 N–H and O–H groups in total. The largest absolute Gasteiger partial charge is 0.369 e. The summed E-state index contributed by atoms with van der Waals surface area (Å²) in [5.41, 5.74) is 0. The number of nitrogens with zero attached hydrogens (tertiary/aromatic N) is 1. The van der Waals surface area contributed by atoms with Gasteiger partial charge in [-0.2, -0.15) is 0 Å². The Balaban J connectivity index is 1.79. The third kappa shape index (κ3) is 3.47. The van der Waals surface area contributed by atoms with E-state index >= 15 is 0 Å². The minimum absolute atomic E-state index is 0.601. The Kier molecular flexibility index (Phi) is 3.97. The Morgan fingerprint density at radius 1 is 1.47 bits per heavy atom. The topological polar surface area (TPSA) is 37.0 Å². The average molecular weight is 270 g/mol. The number of aromatic nitrogens is 1. The fraction of sp³-hybridized carbons (Fsp3) is 0.545. The van der Waals surface area contributed by atoms with E-state index in [1.54, 1.807) is 0 Å². The summed E-state index contributed by atoms with van der Waals surface area (Å²) in [6, 6.07) is 4.60. The maximum atomic E-state index is 4.28. The third-order valence-corrected chi connectivity index (χ3v) is 3.14. The number of rotatable bonds is 3. The molecule has 0 unspecified atom stereocenters. The monoisotopic (exact) mass is 269 g/mol. The highest BCUT2D eigenvalue weighted by Gasteiger charge is 2.11. The van der Waals surface area contributed by atoms with E-state index in [9.17, 15) is 0 Å². The number of hydrogen-bond donors (Lipinski definition) is 2. The number of halogens is 1. The first kappa shape index (κ1) is 10.9. The van der Waals surface area contributed by atoms with Gasteiger partial charge in [-0.3, -0.25) is 0 Å². The van der Waals surface area contributed by atoms with Crippen molar-refractivity contribution >= 4 is 21.7 Å². The molecule has 2 rings (SSSR count). The van der Waals surface area contributed by atoms with Gasteiger partial charge in [0.1, 0.15) is 5.82 Å². The van der Waals surface area contributed by atoms with E-state index in [-0.39, 0.29) is 0 Å². The van der Waals surface area contributed by atoms with Crippen molar-refractivity contribution in [3.05, 3.63) is 22.8 Å². The molecule has 0 radical (unpaired) electrons. The fourth-order valence-electron chi connectivity index (χ4n) is 1.81. The molecular formula is C11H16BrN3. The van der Waals surface area contributed by atoms with Crippen LogP contribution in [0.2, 0.25) is 0 Å². The lowest BCUT2D eigenvalue weighted by Crippen LogP contribution is -2.39. The van der Waals surface area contributed by atoms with E-state index in [0.717, 1.165) is 23.4 Å². The van der Waals surface area contributed by atoms with Crippen LogP contribution in [0.15, 0.2) is 22.8 Å². The first-order valence-electron chi connectivity index (χ1n) is 5.43. The minimum Gasteiger partial charge on any atom is -0.369 e. The number of nitrogens with one attached hydrogen (secondary N) is 2. The molecule has 15 heavy (non-hydrogen) atoms. The van der Waals surface area contributed by atoms with Gasteiger partial charge < -0.3 is 10.6 Å². The lowest BCUT2D eigenvalue weighted by Gasteiger charge is -2.23. The number of anilines is 1. The zero-order valence-corrected chi connectivity index (χ0v) is 10.3. The smallest absolute Gasteiger partial charge is 0.126 e. The van der Waals surface area contributed by atoms with Gasteiger partial charge in [-0.05, 0) is 47.4 Å². The second-order valence-electron chi connectivity index (χ2n) is 3.89. The molecule has 2 heterocycles. The highest BCUT2D eigenvalue weighted by atomic mass is 79.9. The van der Waals surface area contributed by atoms with E-state index in [2.05, 4.69) is 31.5 Å². The highest BCUT2D eigenvalue weighted by molar-refractivity contribution is 9.10. The molecule has 1 aromatic rings. The van der Waals surface area contributed by atoms with E-state index in [1.807, 2.05) is 18.3 Å². The lowest BCUT2D eigenvalue weighted by atomic mass is 10.1. The van der Waals surface area contributed by atoms with Crippen molar-refractivity contribution in [3.8, 4) is 0 Å². The van der Waals surface area contributed by atoms with Crippen molar-refractivity contribution in [2.45, 2.75) is 25.3 Å². The van der Waals surface area contributed by atoms with Gasteiger partial charge in [0.25, 0.3) is 0 Å². The first-order valence-corrected chi connectivity index (χ1v) is 6.23. The Morgan fingerprint density at radius 2 is 2.40 bits per heavy atom. The molecule has 0 aromatic carbocycles. The van der Waals surface area contributed by atoms with Gasteiger partial charge in [-0.25, -0.2) is 4.98 Å². The molecule has 0 spiro atoms. The minimum atomic E-state index is 0.601. The first-order chi connectivity index (χ1) is 7.34. The standard InChI is InChI=1S/C11H16BrN3/c12-9-4-5-11(14-7-9)15-8-10-3-1-2-6-13-10/h4-5,7,10,13H,1-3,6,8H2,(H,14,15)/t10-/m0/s1. The maximum absolute atomic E-state index is 4.28. The van der Waals surface area contributed by atoms with Crippen LogP contribution < -0.4 is 10.6 Å². The van der Waals surface area contributed by atoms with Crippen molar-refractivity contribution in [1.82, 2.24) is 10.3 Å². The van der Waals surface area contributed by atoms with Gasteiger partial charge in [0.15, 0.2) is 0 Å². The van der Waals surface area contributed by atoms with Gasteiger partial charge in [-0.1, -0.05) is 6.42 Å². The summed E-state index contributed by atoms with van der Waals surface area (Å²) in [6.07, 6.45) is 5.74. The molecule has 0 bridgehead atoms. The second-order valence-corrected chi connectivity index (χ2v) is 4.81. The Hall–Kier alpha value is -0.610. The van der Waals surface area contributed by atoms with Crippen LogP contribution in [0, 0.1) is 0 Å². The van der Waals surface area contributed by atoms with Crippen molar-refractivity contribution in [3.63, 3.8) is 0 Å². The normalized spacial score (nSPS) is 21.3. The Morgan fingerprint density at radius 3 is 3.07 bits per heavy atom. The summed E-state index contributed by atoms with van der Waals surface area (Å²) >= 11 is 3.37. The van der Waals surface area contributed by atoms with Crippen LogP contribution in [0.25, 0.3) is 0 Å². The fourth-order valence-corrected chi connectivity index (χ4v) is 2.04. The van der Waals surface area contributed by atoms with Crippen LogP contribution in [-0.2, 0) is 0 Å². The second kappa shape index (κ2) is 5.47. The van der Waals surface area contributed by atoms with E-state index in [4.69, 9.17) is 0 Å². The summed E-state index contributed by atoms with van der Waals surface area (Å²) in [4.78, 5) is 4.28. The van der Waals surface area contributed by atoms with Gasteiger partial charge in [0.2, 0.25) is 0 Å². The molecule has 3 nitrogen and oxygen atoms in total. The van der Waals surface area contributed by atoms with Crippen molar-refractivity contribution in [1.29, 1.82) is 0 Å². The summed E-state index contributed by atoms with van der Waals surface area (Å²) in [7, 11) is 0. The van der Waals surface area contributed by atoms with Gasteiger partial charge in [-0.15, -0.1) is 0 Å². The summed E-state index contributed by atoms with van der Waals surface area (Å²) in [5.74, 6) is 0.950. The van der Waals surface area contributed by atoms with Crippen molar-refractivity contribution in [2.24, 2.45) is 0 Å². The van der Waals surface area contributed by atoms with Crippen LogP contribution in [0.3, 0.4) is 0 Å². The lowest BCUT2D eigenvalue weighted by molar-refractivity contribution is 0.414. The molecule has 82 valence electrons.